The molecule has 18 heavy (non-hydrogen) atoms. The van der Waals surface area contributed by atoms with Gasteiger partial charge < -0.3 is 15.4 Å². The summed E-state index contributed by atoms with van der Waals surface area (Å²) < 4.78 is 5.43. The highest BCUT2D eigenvalue weighted by Crippen LogP contribution is 2.34. The number of carbonyl (C=O) groups excluding carboxylic acids is 1. The first-order valence-corrected chi connectivity index (χ1v) is 6.57. The maximum absolute atomic E-state index is 12.0. The summed E-state index contributed by atoms with van der Waals surface area (Å²) in [5, 5.41) is 0. The molecule has 2 atom stereocenters. The van der Waals surface area contributed by atoms with E-state index in [1.165, 1.54) is 6.42 Å². The molecule has 1 aliphatic heterocycles. The summed E-state index contributed by atoms with van der Waals surface area (Å²) in [5.41, 5.74) is 5.61. The lowest BCUT2D eigenvalue weighted by atomic mass is 9.76. The van der Waals surface area contributed by atoms with Crippen LogP contribution in [0, 0.1) is 11.8 Å². The molecule has 4 nitrogen and oxygen atoms in total. The van der Waals surface area contributed by atoms with Gasteiger partial charge in [-0.3, -0.25) is 0 Å². The van der Waals surface area contributed by atoms with Crippen LogP contribution < -0.4 is 5.73 Å². The van der Waals surface area contributed by atoms with Crippen molar-refractivity contribution in [3.8, 4) is 0 Å². The van der Waals surface area contributed by atoms with Crippen LogP contribution in [0.2, 0.25) is 0 Å². The van der Waals surface area contributed by atoms with Gasteiger partial charge in [-0.15, -0.1) is 12.4 Å². The Morgan fingerprint density at radius 3 is 2.11 bits per heavy atom. The number of nitrogens with two attached hydrogens (primary N) is 1. The first kappa shape index (κ1) is 15.6. The Hall–Kier alpha value is -0.480. The van der Waals surface area contributed by atoms with Gasteiger partial charge in [0.25, 0.3) is 0 Å². The molecule has 0 aromatic heterocycles. The van der Waals surface area contributed by atoms with Crippen LogP contribution >= 0.6 is 12.4 Å². The van der Waals surface area contributed by atoms with E-state index in [9.17, 15) is 4.79 Å². The van der Waals surface area contributed by atoms with Crippen molar-refractivity contribution in [1.29, 1.82) is 0 Å². The number of hydrogen-bond acceptors (Lipinski definition) is 3. The van der Waals surface area contributed by atoms with Crippen LogP contribution in [0.1, 0.15) is 40.0 Å². The largest absolute Gasteiger partial charge is 0.444 e. The molecule has 2 bridgehead atoms. The van der Waals surface area contributed by atoms with Crippen LogP contribution in [0.25, 0.3) is 0 Å². The molecule has 106 valence electrons. The standard InChI is InChI=1S/C13H24N2O2.ClH/c1-13(2,3)17-12(16)15-7-9-4-10(8-15)6-11(14)5-9;/h9-11H,4-8,14H2,1-3H3;1H. The zero-order valence-corrected chi connectivity index (χ0v) is 12.3. The van der Waals surface area contributed by atoms with E-state index in [1.807, 2.05) is 25.7 Å². The summed E-state index contributed by atoms with van der Waals surface area (Å²) in [6.45, 7) is 7.36. The van der Waals surface area contributed by atoms with Crippen molar-refractivity contribution in [1.82, 2.24) is 4.90 Å². The fourth-order valence-corrected chi connectivity index (χ4v) is 3.09. The van der Waals surface area contributed by atoms with Gasteiger partial charge >= 0.3 is 6.09 Å². The van der Waals surface area contributed by atoms with E-state index in [0.29, 0.717) is 17.9 Å². The molecule has 2 N–H and O–H groups in total. The molecule has 2 unspecified atom stereocenters. The number of carbonyl (C=O) groups is 1. The monoisotopic (exact) mass is 276 g/mol. The van der Waals surface area contributed by atoms with Crippen molar-refractivity contribution in [2.75, 3.05) is 13.1 Å². The van der Waals surface area contributed by atoms with Crippen LogP contribution in [0.3, 0.4) is 0 Å². The van der Waals surface area contributed by atoms with Crippen LogP contribution in [0.15, 0.2) is 0 Å². The Bertz CT molecular complexity index is 286. The van der Waals surface area contributed by atoms with Crippen molar-refractivity contribution in [2.24, 2.45) is 17.6 Å². The molecule has 0 spiro atoms. The summed E-state index contributed by atoms with van der Waals surface area (Å²) in [5.74, 6) is 1.15. The maximum Gasteiger partial charge on any atom is 0.410 e. The fourth-order valence-electron chi connectivity index (χ4n) is 3.09. The highest BCUT2D eigenvalue weighted by molar-refractivity contribution is 5.85. The van der Waals surface area contributed by atoms with E-state index < -0.39 is 5.60 Å². The zero-order valence-electron chi connectivity index (χ0n) is 11.5. The van der Waals surface area contributed by atoms with Crippen molar-refractivity contribution >= 4 is 18.5 Å². The number of fused-ring (bicyclic) bond motifs is 2. The second-order valence-electron chi connectivity index (χ2n) is 6.58. The molecule has 0 aromatic rings. The maximum atomic E-state index is 12.0. The third-order valence-corrected chi connectivity index (χ3v) is 3.55. The Balaban J connectivity index is 0.00000162. The molecule has 1 amide bonds. The Morgan fingerprint density at radius 2 is 1.67 bits per heavy atom. The van der Waals surface area contributed by atoms with Gasteiger partial charge in [-0.2, -0.15) is 0 Å². The molecule has 2 rings (SSSR count). The minimum atomic E-state index is -0.403. The quantitative estimate of drug-likeness (QED) is 0.739. The molecule has 1 saturated heterocycles. The predicted molar refractivity (Wildman–Crippen MR) is 73.9 cm³/mol. The van der Waals surface area contributed by atoms with E-state index in [-0.39, 0.29) is 18.5 Å². The molecule has 2 aliphatic rings. The third-order valence-electron chi connectivity index (χ3n) is 3.55. The molecule has 0 aromatic carbocycles. The van der Waals surface area contributed by atoms with Crippen molar-refractivity contribution in [3.63, 3.8) is 0 Å². The molecule has 1 saturated carbocycles. The lowest BCUT2D eigenvalue weighted by molar-refractivity contribution is 0.00165. The predicted octanol–water partition coefficient (Wildman–Crippen LogP) is 2.40. The second kappa shape index (κ2) is 5.66. The number of amides is 1. The van der Waals surface area contributed by atoms with Crippen molar-refractivity contribution < 1.29 is 9.53 Å². The highest BCUT2D eigenvalue weighted by atomic mass is 35.5. The van der Waals surface area contributed by atoms with Crippen LogP contribution in [-0.4, -0.2) is 35.7 Å². The van der Waals surface area contributed by atoms with Gasteiger partial charge in [0.05, 0.1) is 0 Å². The molecule has 1 aliphatic carbocycles. The van der Waals surface area contributed by atoms with Gasteiger partial charge in [-0.1, -0.05) is 0 Å². The SMILES string of the molecule is CC(C)(C)OC(=O)N1CC2CC(N)CC(C2)C1.Cl. The number of hydrogen-bond donors (Lipinski definition) is 1. The number of nitrogens with zero attached hydrogens (tertiary/aromatic N) is 1. The van der Waals surface area contributed by atoms with Crippen LogP contribution in [0.4, 0.5) is 4.79 Å². The van der Waals surface area contributed by atoms with Gasteiger partial charge in [0.15, 0.2) is 0 Å². The number of piperidine rings is 1. The van der Waals surface area contributed by atoms with Gasteiger partial charge in [0, 0.05) is 19.1 Å². The average Bonchev–Trinajstić information content (AvgIpc) is 2.12. The molecule has 1 heterocycles. The number of ether oxygens (including phenoxy) is 1. The van der Waals surface area contributed by atoms with Gasteiger partial charge in [0.1, 0.15) is 5.60 Å². The number of likely N-dealkylation sites (tertiary alicyclic amines) is 1. The summed E-state index contributed by atoms with van der Waals surface area (Å²) in [4.78, 5) is 13.9. The molecule has 2 fully saturated rings. The van der Waals surface area contributed by atoms with E-state index in [4.69, 9.17) is 10.5 Å². The van der Waals surface area contributed by atoms with E-state index in [0.717, 1.165) is 25.9 Å². The zero-order chi connectivity index (χ0) is 12.6. The number of halogens is 1. The second-order valence-corrected chi connectivity index (χ2v) is 6.58. The van der Waals surface area contributed by atoms with E-state index >= 15 is 0 Å². The van der Waals surface area contributed by atoms with Gasteiger partial charge in [-0.05, 0) is 51.9 Å². The topological polar surface area (TPSA) is 55.6 Å². The number of rotatable bonds is 0. The first-order chi connectivity index (χ1) is 7.83. The molecular formula is C13H25ClN2O2. The Labute approximate surface area is 116 Å². The van der Waals surface area contributed by atoms with Crippen LogP contribution in [0.5, 0.6) is 0 Å². The third kappa shape index (κ3) is 4.02. The van der Waals surface area contributed by atoms with Crippen LogP contribution in [-0.2, 0) is 4.74 Å². The minimum Gasteiger partial charge on any atom is -0.444 e. The van der Waals surface area contributed by atoms with E-state index in [1.54, 1.807) is 0 Å². The first-order valence-electron chi connectivity index (χ1n) is 6.57. The molecule has 0 radical (unpaired) electrons. The lowest BCUT2D eigenvalue weighted by Crippen LogP contribution is -2.50. The van der Waals surface area contributed by atoms with Gasteiger partial charge in [0.2, 0.25) is 0 Å². The van der Waals surface area contributed by atoms with Crippen molar-refractivity contribution in [2.45, 2.75) is 51.7 Å². The van der Waals surface area contributed by atoms with E-state index in [2.05, 4.69) is 0 Å². The summed E-state index contributed by atoms with van der Waals surface area (Å²) >= 11 is 0. The normalized spacial score (nSPS) is 31.6. The smallest absolute Gasteiger partial charge is 0.410 e. The Morgan fingerprint density at radius 1 is 1.17 bits per heavy atom. The average molecular weight is 277 g/mol. The summed E-state index contributed by atoms with van der Waals surface area (Å²) in [6.07, 6.45) is 3.17. The Kier molecular flexibility index (Phi) is 4.90. The fraction of sp³-hybridized carbons (Fsp3) is 0.923. The molecular weight excluding hydrogens is 252 g/mol. The highest BCUT2D eigenvalue weighted by Gasteiger charge is 2.36. The lowest BCUT2D eigenvalue weighted by Gasteiger charge is -2.43. The minimum absolute atomic E-state index is 0. The summed E-state index contributed by atoms with van der Waals surface area (Å²) in [6, 6.07) is 0.333. The van der Waals surface area contributed by atoms with Crippen molar-refractivity contribution in [3.05, 3.63) is 0 Å². The summed E-state index contributed by atoms with van der Waals surface area (Å²) in [7, 11) is 0. The van der Waals surface area contributed by atoms with Gasteiger partial charge in [-0.25, -0.2) is 4.79 Å². The molecule has 5 heteroatoms.